The molecule has 1 aliphatic rings. The number of fused-ring (bicyclic) bond motifs is 1. The van der Waals surface area contributed by atoms with Crippen LogP contribution in [-0.4, -0.2) is 21.6 Å². The highest BCUT2D eigenvalue weighted by atomic mass is 19.1. The van der Waals surface area contributed by atoms with Gasteiger partial charge in [-0.3, -0.25) is 4.98 Å². The van der Waals surface area contributed by atoms with Crippen LogP contribution in [0.1, 0.15) is 11.3 Å². The highest BCUT2D eigenvalue weighted by Gasteiger charge is 2.21. The van der Waals surface area contributed by atoms with E-state index in [0.29, 0.717) is 11.5 Å². The third-order valence-electron chi connectivity index (χ3n) is 3.07. The fraction of sp³-hybridized carbons (Fsp3) is 0.231. The van der Waals surface area contributed by atoms with Gasteiger partial charge < -0.3 is 10.0 Å². The molecule has 1 aliphatic heterocycles. The van der Waals surface area contributed by atoms with Crippen LogP contribution in [0.15, 0.2) is 30.6 Å². The van der Waals surface area contributed by atoms with Crippen molar-refractivity contribution in [2.75, 3.05) is 11.4 Å². The molecule has 2 heterocycles. The van der Waals surface area contributed by atoms with E-state index in [1.807, 2.05) is 4.90 Å². The fourth-order valence-corrected chi connectivity index (χ4v) is 2.16. The van der Waals surface area contributed by atoms with Gasteiger partial charge in [0.2, 0.25) is 0 Å². The molecule has 0 unspecified atom stereocenters. The summed E-state index contributed by atoms with van der Waals surface area (Å²) in [7, 11) is 0. The zero-order chi connectivity index (χ0) is 12.5. The Morgan fingerprint density at radius 1 is 1.28 bits per heavy atom. The van der Waals surface area contributed by atoms with Crippen LogP contribution >= 0.6 is 0 Å². The van der Waals surface area contributed by atoms with E-state index in [2.05, 4.69) is 9.97 Å². The predicted molar refractivity (Wildman–Crippen MR) is 65.1 cm³/mol. The van der Waals surface area contributed by atoms with Crippen molar-refractivity contribution in [1.29, 1.82) is 0 Å². The molecule has 92 valence electrons. The van der Waals surface area contributed by atoms with E-state index in [0.717, 1.165) is 24.2 Å². The highest BCUT2D eigenvalue weighted by Crippen LogP contribution is 2.33. The Morgan fingerprint density at radius 3 is 2.89 bits per heavy atom. The molecule has 0 radical (unpaired) electrons. The van der Waals surface area contributed by atoms with E-state index in [4.69, 9.17) is 5.11 Å². The summed E-state index contributed by atoms with van der Waals surface area (Å²) in [5.74, 6) is 0.428. The van der Waals surface area contributed by atoms with Gasteiger partial charge in [-0.05, 0) is 24.1 Å². The average Bonchev–Trinajstić information content (AvgIpc) is 2.82. The maximum atomic E-state index is 13.3. The number of nitrogens with zero attached hydrogens (tertiary/aromatic N) is 3. The normalized spacial score (nSPS) is 13.8. The molecule has 2 aromatic rings. The van der Waals surface area contributed by atoms with Crippen LogP contribution in [0.25, 0.3) is 0 Å². The lowest BCUT2D eigenvalue weighted by Gasteiger charge is -2.17. The Balaban J connectivity index is 1.97. The number of benzene rings is 1. The van der Waals surface area contributed by atoms with Crippen molar-refractivity contribution in [3.05, 3.63) is 47.7 Å². The number of rotatable bonds is 2. The van der Waals surface area contributed by atoms with Crippen molar-refractivity contribution in [2.45, 2.75) is 13.0 Å². The SMILES string of the molecule is OCc1cnc(N2CCc3ccc(F)cc32)cn1. The summed E-state index contributed by atoms with van der Waals surface area (Å²) in [6.07, 6.45) is 4.01. The Hall–Kier alpha value is -2.01. The van der Waals surface area contributed by atoms with Crippen LogP contribution < -0.4 is 4.90 Å². The molecular formula is C13H12FN3O. The number of aliphatic hydroxyl groups excluding tert-OH is 1. The average molecular weight is 245 g/mol. The summed E-state index contributed by atoms with van der Waals surface area (Å²) < 4.78 is 13.3. The largest absolute Gasteiger partial charge is 0.390 e. The zero-order valence-corrected chi connectivity index (χ0v) is 9.67. The summed E-state index contributed by atoms with van der Waals surface area (Å²) in [5, 5.41) is 8.92. The van der Waals surface area contributed by atoms with E-state index in [1.165, 1.54) is 18.3 Å². The molecule has 18 heavy (non-hydrogen) atoms. The molecule has 0 bridgehead atoms. The number of halogens is 1. The van der Waals surface area contributed by atoms with Gasteiger partial charge in [-0.2, -0.15) is 0 Å². The molecule has 0 saturated carbocycles. The van der Waals surface area contributed by atoms with Crippen molar-refractivity contribution in [3.8, 4) is 0 Å². The minimum Gasteiger partial charge on any atom is -0.390 e. The minimum atomic E-state index is -0.249. The van der Waals surface area contributed by atoms with Crippen molar-refractivity contribution < 1.29 is 9.50 Å². The second kappa shape index (κ2) is 4.34. The van der Waals surface area contributed by atoms with Gasteiger partial charge in [0.05, 0.1) is 24.7 Å². The summed E-state index contributed by atoms with van der Waals surface area (Å²) in [4.78, 5) is 10.3. The van der Waals surface area contributed by atoms with Gasteiger partial charge >= 0.3 is 0 Å². The fourth-order valence-electron chi connectivity index (χ4n) is 2.16. The van der Waals surface area contributed by atoms with E-state index >= 15 is 0 Å². The van der Waals surface area contributed by atoms with Gasteiger partial charge in [-0.15, -0.1) is 0 Å². The molecule has 0 amide bonds. The zero-order valence-electron chi connectivity index (χ0n) is 9.67. The maximum Gasteiger partial charge on any atom is 0.151 e. The second-order valence-electron chi connectivity index (χ2n) is 4.20. The molecule has 5 heteroatoms. The van der Waals surface area contributed by atoms with Crippen LogP contribution in [0.2, 0.25) is 0 Å². The van der Waals surface area contributed by atoms with Gasteiger partial charge in [-0.1, -0.05) is 6.07 Å². The smallest absolute Gasteiger partial charge is 0.151 e. The van der Waals surface area contributed by atoms with Gasteiger partial charge in [0, 0.05) is 12.2 Å². The molecule has 4 nitrogen and oxygen atoms in total. The highest BCUT2D eigenvalue weighted by molar-refractivity contribution is 5.67. The van der Waals surface area contributed by atoms with Gasteiger partial charge in [0.15, 0.2) is 5.82 Å². The quantitative estimate of drug-likeness (QED) is 0.876. The molecule has 1 N–H and O–H groups in total. The Morgan fingerprint density at radius 2 is 2.17 bits per heavy atom. The second-order valence-corrected chi connectivity index (χ2v) is 4.20. The summed E-state index contributed by atoms with van der Waals surface area (Å²) in [6, 6.07) is 4.80. The first-order chi connectivity index (χ1) is 8.78. The van der Waals surface area contributed by atoms with Crippen molar-refractivity contribution in [3.63, 3.8) is 0 Å². The topological polar surface area (TPSA) is 49.3 Å². The Bertz CT molecular complexity index is 571. The molecular weight excluding hydrogens is 233 g/mol. The molecule has 3 rings (SSSR count). The van der Waals surface area contributed by atoms with E-state index in [1.54, 1.807) is 12.3 Å². The standard InChI is InChI=1S/C13H12FN3O/c14-10-2-1-9-3-4-17(12(9)5-10)13-7-15-11(8-18)6-16-13/h1-2,5-7,18H,3-4,8H2. The Kier molecular flexibility index (Phi) is 2.68. The Labute approximate surface area is 104 Å². The molecule has 0 atom stereocenters. The first-order valence-electron chi connectivity index (χ1n) is 5.75. The molecule has 0 spiro atoms. The van der Waals surface area contributed by atoms with Gasteiger partial charge in [-0.25, -0.2) is 9.37 Å². The predicted octanol–water partition coefficient (Wildman–Crippen LogP) is 1.80. The van der Waals surface area contributed by atoms with Crippen molar-refractivity contribution in [1.82, 2.24) is 9.97 Å². The van der Waals surface area contributed by atoms with E-state index < -0.39 is 0 Å². The van der Waals surface area contributed by atoms with Gasteiger partial charge in [0.1, 0.15) is 5.82 Å². The lowest BCUT2D eigenvalue weighted by atomic mass is 10.2. The lowest BCUT2D eigenvalue weighted by Crippen LogP contribution is -2.15. The number of aliphatic hydroxyl groups is 1. The number of hydrogen-bond donors (Lipinski definition) is 1. The van der Waals surface area contributed by atoms with Crippen LogP contribution in [0.3, 0.4) is 0 Å². The first-order valence-corrected chi connectivity index (χ1v) is 5.75. The lowest BCUT2D eigenvalue weighted by molar-refractivity contribution is 0.276. The van der Waals surface area contributed by atoms with Crippen LogP contribution in [0.5, 0.6) is 0 Å². The van der Waals surface area contributed by atoms with Crippen LogP contribution in [0, 0.1) is 5.82 Å². The monoisotopic (exact) mass is 245 g/mol. The number of anilines is 2. The maximum absolute atomic E-state index is 13.3. The van der Waals surface area contributed by atoms with E-state index in [9.17, 15) is 4.39 Å². The first kappa shape index (κ1) is 11.1. The third-order valence-corrected chi connectivity index (χ3v) is 3.07. The minimum absolute atomic E-state index is 0.126. The van der Waals surface area contributed by atoms with Crippen LogP contribution in [-0.2, 0) is 13.0 Å². The molecule has 1 aromatic heterocycles. The number of aromatic nitrogens is 2. The van der Waals surface area contributed by atoms with Gasteiger partial charge in [0.25, 0.3) is 0 Å². The molecule has 0 fully saturated rings. The van der Waals surface area contributed by atoms with Crippen molar-refractivity contribution in [2.24, 2.45) is 0 Å². The van der Waals surface area contributed by atoms with Crippen molar-refractivity contribution >= 4 is 11.5 Å². The van der Waals surface area contributed by atoms with Crippen LogP contribution in [0.4, 0.5) is 15.9 Å². The summed E-state index contributed by atoms with van der Waals surface area (Å²) in [5.41, 5.74) is 2.49. The summed E-state index contributed by atoms with van der Waals surface area (Å²) >= 11 is 0. The number of hydrogen-bond acceptors (Lipinski definition) is 4. The molecule has 1 aromatic carbocycles. The molecule has 0 aliphatic carbocycles. The van der Waals surface area contributed by atoms with E-state index in [-0.39, 0.29) is 12.4 Å². The third kappa shape index (κ3) is 1.82. The molecule has 0 saturated heterocycles. The summed E-state index contributed by atoms with van der Waals surface area (Å²) in [6.45, 7) is 0.643.